The summed E-state index contributed by atoms with van der Waals surface area (Å²) in [6, 6.07) is 4.37. The van der Waals surface area contributed by atoms with Gasteiger partial charge in [-0.15, -0.1) is 0 Å². The van der Waals surface area contributed by atoms with E-state index in [0.717, 1.165) is 12.1 Å². The molecule has 0 fully saturated rings. The zero-order chi connectivity index (χ0) is 16.8. The summed E-state index contributed by atoms with van der Waals surface area (Å²) < 4.78 is 31.4. The fourth-order valence-electron chi connectivity index (χ4n) is 1.81. The van der Waals surface area contributed by atoms with Crippen LogP contribution < -0.4 is 10.6 Å². The van der Waals surface area contributed by atoms with E-state index in [1.54, 1.807) is 14.0 Å². The number of benzene rings is 1. The van der Waals surface area contributed by atoms with E-state index in [9.17, 15) is 13.6 Å². The van der Waals surface area contributed by atoms with E-state index in [0.29, 0.717) is 24.9 Å². The maximum Gasteiger partial charge on any atom is 0.274 e. The molecule has 0 saturated heterocycles. The number of hydrogen-bond acceptors (Lipinski definition) is 5. The van der Waals surface area contributed by atoms with Gasteiger partial charge in [0.25, 0.3) is 5.91 Å². The van der Waals surface area contributed by atoms with Gasteiger partial charge in [-0.2, -0.15) is 0 Å². The van der Waals surface area contributed by atoms with Crippen LogP contribution in [0.3, 0.4) is 0 Å². The van der Waals surface area contributed by atoms with E-state index < -0.39 is 17.5 Å². The number of nitrogens with zero attached hydrogens (tertiary/aromatic N) is 2. The van der Waals surface area contributed by atoms with Crippen LogP contribution in [0.15, 0.2) is 24.3 Å². The van der Waals surface area contributed by atoms with Crippen LogP contribution in [0, 0.1) is 18.6 Å². The molecule has 122 valence electrons. The minimum Gasteiger partial charge on any atom is -0.383 e. The van der Waals surface area contributed by atoms with Gasteiger partial charge in [-0.1, -0.05) is 0 Å². The molecule has 0 aliphatic rings. The van der Waals surface area contributed by atoms with Crippen molar-refractivity contribution >= 4 is 17.5 Å². The first-order chi connectivity index (χ1) is 11.0. The van der Waals surface area contributed by atoms with Gasteiger partial charge in [0.2, 0.25) is 5.95 Å². The molecule has 0 radical (unpaired) electrons. The van der Waals surface area contributed by atoms with Crippen molar-refractivity contribution in [3.8, 4) is 0 Å². The summed E-state index contributed by atoms with van der Waals surface area (Å²) in [4.78, 5) is 20.4. The van der Waals surface area contributed by atoms with Crippen LogP contribution in [0.1, 0.15) is 16.2 Å². The summed E-state index contributed by atoms with van der Waals surface area (Å²) >= 11 is 0. The fourth-order valence-corrected chi connectivity index (χ4v) is 1.81. The predicted molar refractivity (Wildman–Crippen MR) is 81.4 cm³/mol. The van der Waals surface area contributed by atoms with Crippen molar-refractivity contribution in [3.05, 3.63) is 47.3 Å². The number of ether oxygens (including phenoxy) is 1. The Balaban J connectivity index is 2.15. The molecule has 2 aromatic rings. The molecule has 1 aromatic carbocycles. The summed E-state index contributed by atoms with van der Waals surface area (Å²) in [6.45, 7) is 2.64. The number of hydrogen-bond donors (Lipinski definition) is 2. The standard InChI is InChI=1S/C15H16F2N4O2/c1-9-7-13(21-15(19-9)18-5-6-23-2)14(22)20-12-4-3-10(16)8-11(12)17/h3-4,7-8H,5-6H2,1-2H3,(H,20,22)(H,18,19,21). The predicted octanol–water partition coefficient (Wildman–Crippen LogP) is 2.37. The van der Waals surface area contributed by atoms with E-state index >= 15 is 0 Å². The van der Waals surface area contributed by atoms with E-state index in [2.05, 4.69) is 20.6 Å². The molecule has 0 aliphatic carbocycles. The Labute approximate surface area is 131 Å². The van der Waals surface area contributed by atoms with Crippen LogP contribution in [0.5, 0.6) is 0 Å². The van der Waals surface area contributed by atoms with Crippen LogP contribution in [-0.4, -0.2) is 36.1 Å². The SMILES string of the molecule is COCCNc1nc(C)cc(C(=O)Nc2ccc(F)cc2F)n1. The van der Waals surface area contributed by atoms with Crippen LogP contribution in [0.2, 0.25) is 0 Å². The van der Waals surface area contributed by atoms with Gasteiger partial charge in [0, 0.05) is 25.4 Å². The highest BCUT2D eigenvalue weighted by Gasteiger charge is 2.13. The number of anilines is 2. The molecule has 2 rings (SSSR count). The summed E-state index contributed by atoms with van der Waals surface area (Å²) in [5.41, 5.74) is 0.521. The van der Waals surface area contributed by atoms with E-state index in [-0.39, 0.29) is 17.3 Å². The average molecular weight is 322 g/mol. The third kappa shape index (κ3) is 4.68. The van der Waals surface area contributed by atoms with E-state index in [1.165, 1.54) is 6.07 Å². The average Bonchev–Trinajstić information content (AvgIpc) is 2.50. The van der Waals surface area contributed by atoms with Gasteiger partial charge in [0.05, 0.1) is 12.3 Å². The smallest absolute Gasteiger partial charge is 0.274 e. The highest BCUT2D eigenvalue weighted by atomic mass is 19.1. The molecule has 2 N–H and O–H groups in total. The molecule has 8 heteroatoms. The minimum atomic E-state index is -0.859. The van der Waals surface area contributed by atoms with Crippen LogP contribution in [0.25, 0.3) is 0 Å². The maximum absolute atomic E-state index is 13.6. The van der Waals surface area contributed by atoms with Crippen molar-refractivity contribution in [2.75, 3.05) is 30.9 Å². The van der Waals surface area contributed by atoms with Gasteiger partial charge in [0.1, 0.15) is 17.3 Å². The van der Waals surface area contributed by atoms with Gasteiger partial charge in [-0.05, 0) is 25.1 Å². The highest BCUT2D eigenvalue weighted by Crippen LogP contribution is 2.16. The van der Waals surface area contributed by atoms with Crippen LogP contribution in [-0.2, 0) is 4.74 Å². The first-order valence-corrected chi connectivity index (χ1v) is 6.84. The lowest BCUT2D eigenvalue weighted by Crippen LogP contribution is -2.18. The normalized spacial score (nSPS) is 10.4. The molecular weight excluding hydrogens is 306 g/mol. The van der Waals surface area contributed by atoms with Gasteiger partial charge in [-0.25, -0.2) is 18.7 Å². The molecule has 0 aliphatic heterocycles. The topological polar surface area (TPSA) is 76.1 Å². The fraction of sp³-hybridized carbons (Fsp3) is 0.267. The molecule has 1 heterocycles. The van der Waals surface area contributed by atoms with Crippen molar-refractivity contribution in [3.63, 3.8) is 0 Å². The summed E-state index contributed by atoms with van der Waals surface area (Å²) in [6.07, 6.45) is 0. The Kier molecular flexibility index (Phi) is 5.53. The highest BCUT2D eigenvalue weighted by molar-refractivity contribution is 6.03. The van der Waals surface area contributed by atoms with Crippen molar-refractivity contribution in [1.82, 2.24) is 9.97 Å². The van der Waals surface area contributed by atoms with Crippen LogP contribution in [0.4, 0.5) is 20.4 Å². The lowest BCUT2D eigenvalue weighted by Gasteiger charge is -2.09. The van der Waals surface area contributed by atoms with Crippen LogP contribution >= 0.6 is 0 Å². The second kappa shape index (κ2) is 7.59. The van der Waals surface area contributed by atoms with E-state index in [1.807, 2.05) is 0 Å². The van der Waals surface area contributed by atoms with Crippen molar-refractivity contribution in [2.24, 2.45) is 0 Å². The van der Waals surface area contributed by atoms with Crippen molar-refractivity contribution in [1.29, 1.82) is 0 Å². The number of rotatable bonds is 6. The Morgan fingerprint density at radius 3 is 2.74 bits per heavy atom. The van der Waals surface area contributed by atoms with Gasteiger partial charge >= 0.3 is 0 Å². The second-order valence-corrected chi connectivity index (χ2v) is 4.72. The van der Waals surface area contributed by atoms with E-state index in [4.69, 9.17) is 4.74 Å². The third-order valence-electron chi connectivity index (χ3n) is 2.86. The molecule has 0 saturated carbocycles. The number of methoxy groups -OCH3 is 1. The van der Waals surface area contributed by atoms with Gasteiger partial charge in [0.15, 0.2) is 0 Å². The summed E-state index contributed by atoms with van der Waals surface area (Å²) in [7, 11) is 1.56. The lowest BCUT2D eigenvalue weighted by molar-refractivity contribution is 0.102. The number of carbonyl (C=O) groups excluding carboxylic acids is 1. The lowest BCUT2D eigenvalue weighted by atomic mass is 10.2. The quantitative estimate of drug-likeness (QED) is 0.799. The van der Waals surface area contributed by atoms with Gasteiger partial charge in [-0.3, -0.25) is 4.79 Å². The van der Waals surface area contributed by atoms with Crippen molar-refractivity contribution in [2.45, 2.75) is 6.92 Å². The largest absolute Gasteiger partial charge is 0.383 e. The molecule has 1 amide bonds. The Morgan fingerprint density at radius 1 is 1.26 bits per heavy atom. The first kappa shape index (κ1) is 16.8. The molecule has 0 spiro atoms. The number of amides is 1. The zero-order valence-electron chi connectivity index (χ0n) is 12.7. The number of carbonyl (C=O) groups is 1. The molecule has 1 aromatic heterocycles. The molecular formula is C15H16F2N4O2. The third-order valence-corrected chi connectivity index (χ3v) is 2.86. The molecule has 0 unspecified atom stereocenters. The number of halogens is 2. The maximum atomic E-state index is 13.6. The number of aromatic nitrogens is 2. The Hall–Kier alpha value is -2.61. The zero-order valence-corrected chi connectivity index (χ0v) is 12.7. The summed E-state index contributed by atoms with van der Waals surface area (Å²) in [5, 5.41) is 5.27. The number of nitrogens with one attached hydrogen (secondary N) is 2. The van der Waals surface area contributed by atoms with Crippen molar-refractivity contribution < 1.29 is 18.3 Å². The first-order valence-electron chi connectivity index (χ1n) is 6.84. The molecule has 6 nitrogen and oxygen atoms in total. The minimum absolute atomic E-state index is 0.0705. The second-order valence-electron chi connectivity index (χ2n) is 4.72. The number of aryl methyl sites for hydroxylation is 1. The molecule has 23 heavy (non-hydrogen) atoms. The Morgan fingerprint density at radius 2 is 2.04 bits per heavy atom. The summed E-state index contributed by atoms with van der Waals surface area (Å²) in [5.74, 6) is -1.92. The molecule has 0 bridgehead atoms. The van der Waals surface area contributed by atoms with Gasteiger partial charge < -0.3 is 15.4 Å². The monoisotopic (exact) mass is 322 g/mol. The Bertz CT molecular complexity index is 710. The molecule has 0 atom stereocenters.